The van der Waals surface area contributed by atoms with Crippen molar-refractivity contribution in [3.8, 4) is 11.5 Å². The first-order chi connectivity index (χ1) is 12.0. The quantitative estimate of drug-likeness (QED) is 0.661. The van der Waals surface area contributed by atoms with Gasteiger partial charge >= 0.3 is 6.03 Å². The van der Waals surface area contributed by atoms with Crippen LogP contribution in [0.1, 0.15) is 17.2 Å². The van der Waals surface area contributed by atoms with Gasteiger partial charge in [0, 0.05) is 31.9 Å². The Morgan fingerprint density at radius 1 is 1.32 bits per heavy atom. The second-order valence-electron chi connectivity index (χ2n) is 5.53. The highest BCUT2D eigenvalue weighted by molar-refractivity contribution is 5.73. The summed E-state index contributed by atoms with van der Waals surface area (Å²) in [5.74, 6) is 1.14. The van der Waals surface area contributed by atoms with E-state index in [0.717, 1.165) is 5.56 Å². The van der Waals surface area contributed by atoms with E-state index in [2.05, 4.69) is 15.7 Å². The molecule has 0 bridgehead atoms. The molecular weight excluding hydrogens is 324 g/mol. The third-order valence-electron chi connectivity index (χ3n) is 3.71. The highest BCUT2D eigenvalue weighted by Crippen LogP contribution is 2.28. The Morgan fingerprint density at radius 3 is 2.76 bits per heavy atom. The molecule has 2 aromatic rings. The number of ether oxygens (including phenoxy) is 2. The molecule has 3 N–H and O–H groups in total. The van der Waals surface area contributed by atoms with E-state index in [-0.39, 0.29) is 12.6 Å². The monoisotopic (exact) mass is 348 g/mol. The predicted octanol–water partition coefficient (Wildman–Crippen LogP) is 1.01. The van der Waals surface area contributed by atoms with Gasteiger partial charge in [-0.25, -0.2) is 4.79 Å². The van der Waals surface area contributed by atoms with Crippen LogP contribution in [-0.4, -0.2) is 48.2 Å². The van der Waals surface area contributed by atoms with Crippen LogP contribution in [0.15, 0.2) is 30.6 Å². The number of aryl methyl sites for hydroxylation is 1. The average Bonchev–Trinajstić information content (AvgIpc) is 3.04. The summed E-state index contributed by atoms with van der Waals surface area (Å²) in [5, 5.41) is 19.8. The third kappa shape index (κ3) is 5.39. The summed E-state index contributed by atoms with van der Waals surface area (Å²) in [6, 6.07) is 4.80. The van der Waals surface area contributed by atoms with Gasteiger partial charge in [0.25, 0.3) is 0 Å². The second-order valence-corrected chi connectivity index (χ2v) is 5.53. The van der Waals surface area contributed by atoms with E-state index in [0.29, 0.717) is 30.0 Å². The topological polar surface area (TPSA) is 97.6 Å². The van der Waals surface area contributed by atoms with E-state index < -0.39 is 6.10 Å². The fraction of sp³-hybridized carbons (Fsp3) is 0.412. The lowest BCUT2D eigenvalue weighted by atomic mass is 10.1. The molecule has 0 aliphatic rings. The Hall–Kier alpha value is -2.74. The molecule has 0 radical (unpaired) electrons. The SMILES string of the molecule is COc1ccc(OC)c(C(O)CNC(=O)NCCc2cnn(C)c2)c1. The van der Waals surface area contributed by atoms with Gasteiger partial charge in [0.15, 0.2) is 0 Å². The van der Waals surface area contributed by atoms with E-state index in [4.69, 9.17) is 9.47 Å². The largest absolute Gasteiger partial charge is 0.497 e. The van der Waals surface area contributed by atoms with E-state index in [1.165, 1.54) is 7.11 Å². The Labute approximate surface area is 146 Å². The van der Waals surface area contributed by atoms with Crippen LogP contribution < -0.4 is 20.1 Å². The molecule has 8 heteroatoms. The zero-order valence-electron chi connectivity index (χ0n) is 14.7. The average molecular weight is 348 g/mol. The fourth-order valence-electron chi connectivity index (χ4n) is 2.38. The van der Waals surface area contributed by atoms with Gasteiger partial charge in [0.05, 0.1) is 20.4 Å². The van der Waals surface area contributed by atoms with Crippen molar-refractivity contribution in [1.29, 1.82) is 0 Å². The summed E-state index contributed by atoms with van der Waals surface area (Å²) in [5.41, 5.74) is 1.60. The molecule has 1 heterocycles. The van der Waals surface area contributed by atoms with Crippen molar-refractivity contribution >= 4 is 6.03 Å². The third-order valence-corrected chi connectivity index (χ3v) is 3.71. The second kappa shape index (κ2) is 8.93. The molecule has 0 aliphatic carbocycles. The Kier molecular flexibility index (Phi) is 6.64. The zero-order chi connectivity index (χ0) is 18.2. The van der Waals surface area contributed by atoms with Gasteiger partial charge in [-0.3, -0.25) is 4.68 Å². The summed E-state index contributed by atoms with van der Waals surface area (Å²) in [6.07, 6.45) is 3.44. The Morgan fingerprint density at radius 2 is 2.12 bits per heavy atom. The minimum absolute atomic E-state index is 0.0578. The molecule has 2 amide bonds. The molecule has 25 heavy (non-hydrogen) atoms. The first-order valence-electron chi connectivity index (χ1n) is 7.92. The number of benzene rings is 1. The molecule has 1 atom stereocenters. The molecule has 0 saturated heterocycles. The normalized spacial score (nSPS) is 11.7. The van der Waals surface area contributed by atoms with Crippen LogP contribution in [0.5, 0.6) is 11.5 Å². The van der Waals surface area contributed by atoms with Crippen molar-refractivity contribution in [3.05, 3.63) is 41.7 Å². The fourth-order valence-corrected chi connectivity index (χ4v) is 2.38. The number of carbonyl (C=O) groups excluding carboxylic acids is 1. The number of carbonyl (C=O) groups is 1. The van der Waals surface area contributed by atoms with Crippen molar-refractivity contribution in [1.82, 2.24) is 20.4 Å². The summed E-state index contributed by atoms with van der Waals surface area (Å²) < 4.78 is 12.1. The molecule has 8 nitrogen and oxygen atoms in total. The molecule has 1 aromatic heterocycles. The van der Waals surface area contributed by atoms with Crippen LogP contribution in [0.25, 0.3) is 0 Å². The van der Waals surface area contributed by atoms with Gasteiger partial charge in [0.2, 0.25) is 0 Å². The molecule has 0 aliphatic heterocycles. The number of aromatic nitrogens is 2. The first-order valence-corrected chi connectivity index (χ1v) is 7.92. The smallest absolute Gasteiger partial charge is 0.314 e. The molecule has 1 aromatic carbocycles. The standard InChI is InChI=1S/C17H24N4O4/c1-21-11-12(9-20-21)6-7-18-17(23)19-10-15(22)14-8-13(24-2)4-5-16(14)25-3/h4-5,8-9,11,15,22H,6-7,10H2,1-3H3,(H2,18,19,23). The summed E-state index contributed by atoms with van der Waals surface area (Å²) in [7, 11) is 4.92. The lowest BCUT2D eigenvalue weighted by molar-refractivity contribution is 0.169. The van der Waals surface area contributed by atoms with Gasteiger partial charge in [-0.2, -0.15) is 5.10 Å². The number of aliphatic hydroxyl groups is 1. The van der Waals surface area contributed by atoms with Crippen molar-refractivity contribution in [2.45, 2.75) is 12.5 Å². The molecule has 0 saturated carbocycles. The number of hydrogen-bond donors (Lipinski definition) is 3. The number of aliphatic hydroxyl groups excluding tert-OH is 1. The number of rotatable bonds is 8. The van der Waals surface area contributed by atoms with Crippen LogP contribution in [0.3, 0.4) is 0 Å². The van der Waals surface area contributed by atoms with E-state index >= 15 is 0 Å². The van der Waals surface area contributed by atoms with E-state index in [1.807, 2.05) is 13.2 Å². The van der Waals surface area contributed by atoms with Crippen LogP contribution in [0, 0.1) is 0 Å². The summed E-state index contributed by atoms with van der Waals surface area (Å²) in [6.45, 7) is 0.540. The number of hydrogen-bond acceptors (Lipinski definition) is 5. The number of amides is 2. The lowest BCUT2D eigenvalue weighted by Crippen LogP contribution is -2.38. The van der Waals surface area contributed by atoms with Gasteiger partial charge in [0.1, 0.15) is 17.6 Å². The predicted molar refractivity (Wildman–Crippen MR) is 92.8 cm³/mol. The Bertz CT molecular complexity index is 702. The van der Waals surface area contributed by atoms with Gasteiger partial charge in [-0.05, 0) is 30.2 Å². The van der Waals surface area contributed by atoms with Crippen LogP contribution >= 0.6 is 0 Å². The maximum atomic E-state index is 11.8. The molecule has 1 unspecified atom stereocenters. The molecule has 2 rings (SSSR count). The van der Waals surface area contributed by atoms with Crippen LogP contribution in [0.2, 0.25) is 0 Å². The van der Waals surface area contributed by atoms with E-state index in [9.17, 15) is 9.90 Å². The number of nitrogens with zero attached hydrogens (tertiary/aromatic N) is 2. The lowest BCUT2D eigenvalue weighted by Gasteiger charge is -2.16. The maximum absolute atomic E-state index is 11.8. The number of urea groups is 1. The van der Waals surface area contributed by atoms with Crippen molar-refractivity contribution in [2.75, 3.05) is 27.3 Å². The Balaban J connectivity index is 1.80. The van der Waals surface area contributed by atoms with Crippen LogP contribution in [0.4, 0.5) is 4.79 Å². The highest BCUT2D eigenvalue weighted by atomic mass is 16.5. The first kappa shape index (κ1) is 18.6. The highest BCUT2D eigenvalue weighted by Gasteiger charge is 2.15. The maximum Gasteiger partial charge on any atom is 0.314 e. The van der Waals surface area contributed by atoms with Crippen molar-refractivity contribution < 1.29 is 19.4 Å². The zero-order valence-corrected chi connectivity index (χ0v) is 14.7. The van der Waals surface area contributed by atoms with Gasteiger partial charge in [-0.1, -0.05) is 0 Å². The molecule has 0 fully saturated rings. The number of methoxy groups -OCH3 is 2. The minimum Gasteiger partial charge on any atom is -0.497 e. The van der Waals surface area contributed by atoms with Crippen molar-refractivity contribution in [2.24, 2.45) is 7.05 Å². The van der Waals surface area contributed by atoms with Crippen molar-refractivity contribution in [3.63, 3.8) is 0 Å². The summed E-state index contributed by atoms with van der Waals surface area (Å²) >= 11 is 0. The molecule has 0 spiro atoms. The molecular formula is C17H24N4O4. The number of nitrogens with one attached hydrogen (secondary N) is 2. The van der Waals surface area contributed by atoms with E-state index in [1.54, 1.807) is 36.2 Å². The summed E-state index contributed by atoms with van der Waals surface area (Å²) in [4.78, 5) is 11.8. The molecule has 136 valence electrons. The van der Waals surface area contributed by atoms with Crippen LogP contribution in [-0.2, 0) is 13.5 Å². The van der Waals surface area contributed by atoms with Gasteiger partial charge in [-0.15, -0.1) is 0 Å². The minimum atomic E-state index is -0.908. The van der Waals surface area contributed by atoms with Gasteiger partial charge < -0.3 is 25.2 Å².